The number of hydrogen-bond acceptors (Lipinski definition) is 4. The smallest absolute Gasteiger partial charge is 0.285 e. The molecule has 0 spiro atoms. The first-order chi connectivity index (χ1) is 7.08. The Labute approximate surface area is 91.2 Å². The average Bonchev–Trinajstić information content (AvgIpc) is 2.15. The molecule has 0 aliphatic heterocycles. The highest BCUT2D eigenvalue weighted by Crippen LogP contribution is 2.27. The molecule has 0 aliphatic rings. The van der Waals surface area contributed by atoms with E-state index in [1.165, 1.54) is 12.1 Å². The molecule has 0 saturated heterocycles. The highest BCUT2D eigenvalue weighted by Gasteiger charge is 2.13. The molecule has 76 valence electrons. The predicted octanol–water partition coefficient (Wildman–Crippen LogP) is 1.59. The summed E-state index contributed by atoms with van der Waals surface area (Å²) in [5.74, 6) is 0. The van der Waals surface area contributed by atoms with Crippen molar-refractivity contribution in [3.63, 3.8) is 0 Å². The van der Waals surface area contributed by atoms with Crippen LogP contribution in [0.2, 0.25) is 0 Å². The van der Waals surface area contributed by atoms with Crippen LogP contribution in [0.4, 0.5) is 5.69 Å². The second-order valence-corrected chi connectivity index (χ2v) is 3.68. The van der Waals surface area contributed by atoms with Crippen LogP contribution in [0.5, 0.6) is 0 Å². The molecule has 0 aliphatic carbocycles. The zero-order valence-electron chi connectivity index (χ0n) is 7.23. The number of aromatic nitrogens is 2. The highest BCUT2D eigenvalue weighted by atomic mass is 79.9. The molecule has 0 amide bonds. The van der Waals surface area contributed by atoms with Crippen molar-refractivity contribution in [1.29, 1.82) is 0 Å². The Morgan fingerprint density at radius 1 is 1.47 bits per heavy atom. The topological polar surface area (TPSA) is 88.9 Å². The molecule has 0 unspecified atom stereocenters. The fourth-order valence-electron chi connectivity index (χ4n) is 1.19. The van der Waals surface area contributed by atoms with Gasteiger partial charge in [-0.25, -0.2) is 4.98 Å². The number of H-pyrrole nitrogens is 1. The minimum atomic E-state index is -0.518. The number of benzene rings is 1. The van der Waals surface area contributed by atoms with E-state index in [1.807, 2.05) is 0 Å². The van der Waals surface area contributed by atoms with Crippen molar-refractivity contribution in [2.75, 3.05) is 0 Å². The molecular formula is C8H4BrN3O3. The van der Waals surface area contributed by atoms with Crippen molar-refractivity contribution in [3.8, 4) is 0 Å². The first-order valence-corrected chi connectivity index (χ1v) is 4.70. The third-order valence-electron chi connectivity index (χ3n) is 1.84. The summed E-state index contributed by atoms with van der Waals surface area (Å²) in [6.07, 6.45) is 1.08. The summed E-state index contributed by atoms with van der Waals surface area (Å²) in [5.41, 5.74) is 0.412. The molecule has 1 N–H and O–H groups in total. The summed E-state index contributed by atoms with van der Waals surface area (Å²) in [5, 5.41) is 10.6. The van der Waals surface area contributed by atoms with Crippen LogP contribution in [0, 0.1) is 10.1 Å². The van der Waals surface area contributed by atoms with Crippen molar-refractivity contribution in [2.24, 2.45) is 0 Å². The van der Waals surface area contributed by atoms with Crippen LogP contribution >= 0.6 is 15.9 Å². The average molecular weight is 270 g/mol. The van der Waals surface area contributed by atoms with Crippen LogP contribution in [0.1, 0.15) is 0 Å². The summed E-state index contributed by atoms with van der Waals surface area (Å²) in [7, 11) is 0. The van der Waals surface area contributed by atoms with E-state index in [9.17, 15) is 14.9 Å². The highest BCUT2D eigenvalue weighted by molar-refractivity contribution is 9.10. The maximum Gasteiger partial charge on any atom is 0.285 e. The van der Waals surface area contributed by atoms with Crippen molar-refractivity contribution in [1.82, 2.24) is 9.97 Å². The molecule has 2 aromatic rings. The molecule has 1 heterocycles. The van der Waals surface area contributed by atoms with Crippen molar-refractivity contribution in [3.05, 3.63) is 43.3 Å². The molecule has 2 rings (SSSR count). The summed E-state index contributed by atoms with van der Waals surface area (Å²) in [4.78, 5) is 27.4. The van der Waals surface area contributed by atoms with Gasteiger partial charge in [-0.1, -0.05) is 0 Å². The standard InChI is InChI=1S/C8H4BrN3O3/c9-4-1-6-5(2-7(4)12(14)15)10-3-8(13)11-6/h1-3H,(H,11,13). The lowest BCUT2D eigenvalue weighted by atomic mass is 10.2. The Hall–Kier alpha value is -1.76. The van der Waals surface area contributed by atoms with Gasteiger partial charge in [-0.15, -0.1) is 0 Å². The third kappa shape index (κ3) is 1.73. The molecule has 1 aromatic heterocycles. The van der Waals surface area contributed by atoms with Crippen LogP contribution in [0.15, 0.2) is 27.6 Å². The second-order valence-electron chi connectivity index (χ2n) is 2.83. The van der Waals surface area contributed by atoms with E-state index < -0.39 is 4.92 Å². The fraction of sp³-hybridized carbons (Fsp3) is 0. The Bertz CT molecular complexity index is 608. The lowest BCUT2D eigenvalue weighted by Crippen LogP contribution is -2.05. The van der Waals surface area contributed by atoms with Gasteiger partial charge in [-0.2, -0.15) is 0 Å². The minimum Gasteiger partial charge on any atom is -0.319 e. The van der Waals surface area contributed by atoms with E-state index in [0.717, 1.165) is 6.20 Å². The molecule has 15 heavy (non-hydrogen) atoms. The summed E-state index contributed by atoms with van der Waals surface area (Å²) in [6, 6.07) is 2.76. The number of rotatable bonds is 1. The Kier molecular flexibility index (Phi) is 2.24. The van der Waals surface area contributed by atoms with E-state index >= 15 is 0 Å². The molecule has 0 bridgehead atoms. The third-order valence-corrected chi connectivity index (χ3v) is 2.48. The van der Waals surface area contributed by atoms with Crippen molar-refractivity contribution in [2.45, 2.75) is 0 Å². The SMILES string of the molecule is O=c1cnc2cc([N+](=O)[O-])c(Br)cc2[nH]1. The van der Waals surface area contributed by atoms with Gasteiger partial charge in [0.05, 0.1) is 26.6 Å². The number of nitrogens with one attached hydrogen (secondary N) is 1. The van der Waals surface area contributed by atoms with E-state index in [-0.39, 0.29) is 11.2 Å². The zero-order valence-corrected chi connectivity index (χ0v) is 8.82. The van der Waals surface area contributed by atoms with Gasteiger partial charge in [0.1, 0.15) is 0 Å². The number of halogens is 1. The summed E-state index contributed by atoms with van der Waals surface area (Å²) in [6.45, 7) is 0. The first-order valence-electron chi connectivity index (χ1n) is 3.91. The van der Waals surface area contributed by atoms with Crippen molar-refractivity contribution >= 4 is 32.7 Å². The van der Waals surface area contributed by atoms with E-state index in [0.29, 0.717) is 15.5 Å². The number of fused-ring (bicyclic) bond motifs is 1. The minimum absolute atomic E-state index is 0.0814. The molecule has 1 aromatic carbocycles. The maximum atomic E-state index is 10.9. The van der Waals surface area contributed by atoms with Crippen LogP contribution in [-0.4, -0.2) is 14.9 Å². The number of aromatic amines is 1. The van der Waals surface area contributed by atoms with Crippen LogP contribution < -0.4 is 5.56 Å². The van der Waals surface area contributed by atoms with Gasteiger partial charge in [0.25, 0.3) is 11.2 Å². The number of hydrogen-bond donors (Lipinski definition) is 1. The van der Waals surface area contributed by atoms with Gasteiger partial charge < -0.3 is 4.98 Å². The van der Waals surface area contributed by atoms with Gasteiger partial charge in [-0.3, -0.25) is 14.9 Å². The molecule has 0 saturated carbocycles. The molecule has 0 radical (unpaired) electrons. The Morgan fingerprint density at radius 2 is 2.20 bits per heavy atom. The quantitative estimate of drug-likeness (QED) is 0.629. The van der Waals surface area contributed by atoms with Gasteiger partial charge in [0, 0.05) is 6.07 Å². The van der Waals surface area contributed by atoms with Gasteiger partial charge in [0.15, 0.2) is 0 Å². The monoisotopic (exact) mass is 269 g/mol. The lowest BCUT2D eigenvalue weighted by Gasteiger charge is -1.98. The lowest BCUT2D eigenvalue weighted by molar-refractivity contribution is -0.385. The number of nitro groups is 1. The van der Waals surface area contributed by atoms with E-state index in [1.54, 1.807) is 0 Å². The number of nitro benzene ring substituents is 1. The summed E-state index contributed by atoms with van der Waals surface area (Å²) >= 11 is 3.05. The second kappa shape index (κ2) is 3.43. The molecule has 0 fully saturated rings. The van der Waals surface area contributed by atoms with Gasteiger partial charge in [0.2, 0.25) is 0 Å². The van der Waals surface area contributed by atoms with Crippen LogP contribution in [0.3, 0.4) is 0 Å². The van der Waals surface area contributed by atoms with Gasteiger partial charge >= 0.3 is 0 Å². The fourth-order valence-corrected chi connectivity index (χ4v) is 1.68. The molecular weight excluding hydrogens is 266 g/mol. The Balaban J connectivity index is 2.82. The molecule has 0 atom stereocenters. The van der Waals surface area contributed by atoms with E-state index in [4.69, 9.17) is 0 Å². The predicted molar refractivity (Wildman–Crippen MR) is 56.7 cm³/mol. The van der Waals surface area contributed by atoms with Crippen LogP contribution in [-0.2, 0) is 0 Å². The van der Waals surface area contributed by atoms with Gasteiger partial charge in [-0.05, 0) is 22.0 Å². The maximum absolute atomic E-state index is 10.9. The zero-order chi connectivity index (χ0) is 11.0. The Morgan fingerprint density at radius 3 is 2.87 bits per heavy atom. The molecule has 6 nitrogen and oxygen atoms in total. The van der Waals surface area contributed by atoms with Crippen LogP contribution in [0.25, 0.3) is 11.0 Å². The summed E-state index contributed by atoms with van der Waals surface area (Å²) < 4.78 is 0.309. The molecule has 7 heteroatoms. The van der Waals surface area contributed by atoms with E-state index in [2.05, 4.69) is 25.9 Å². The normalized spacial score (nSPS) is 10.5. The first kappa shape index (κ1) is 9.78. The van der Waals surface area contributed by atoms with Crippen molar-refractivity contribution < 1.29 is 4.92 Å². The number of nitrogens with zero attached hydrogens (tertiary/aromatic N) is 2. The largest absolute Gasteiger partial charge is 0.319 e.